The molecule has 2 aromatic heterocycles. The third-order valence-corrected chi connectivity index (χ3v) is 6.42. The molecule has 1 amide bonds. The molecule has 0 radical (unpaired) electrons. The van der Waals surface area contributed by atoms with Crippen LogP contribution in [0.4, 0.5) is 4.39 Å². The van der Waals surface area contributed by atoms with Crippen LogP contribution in [0.5, 0.6) is 0 Å². The highest BCUT2D eigenvalue weighted by Gasteiger charge is 2.42. The fourth-order valence-electron chi connectivity index (χ4n) is 3.67. The maximum atomic E-state index is 13.4. The summed E-state index contributed by atoms with van der Waals surface area (Å²) in [4.78, 5) is 22.1. The molecule has 0 bridgehead atoms. The Kier molecular flexibility index (Phi) is 5.69. The van der Waals surface area contributed by atoms with E-state index >= 15 is 0 Å². The molecule has 0 spiro atoms. The molecule has 4 rings (SSSR count). The van der Waals surface area contributed by atoms with E-state index in [2.05, 4.69) is 15.3 Å². The molecular formula is C22H22FN3O2S. The van der Waals surface area contributed by atoms with Crippen molar-refractivity contribution in [3.8, 4) is 11.3 Å². The third kappa shape index (κ3) is 4.06. The fraction of sp³-hybridized carbons (Fsp3) is 0.318. The highest BCUT2D eigenvalue weighted by molar-refractivity contribution is 7.10. The van der Waals surface area contributed by atoms with Gasteiger partial charge in [-0.05, 0) is 49.6 Å². The monoisotopic (exact) mass is 411 g/mol. The van der Waals surface area contributed by atoms with Crippen LogP contribution in [0.25, 0.3) is 11.3 Å². The first-order valence-corrected chi connectivity index (χ1v) is 10.5. The van der Waals surface area contributed by atoms with Crippen LogP contribution >= 0.6 is 11.3 Å². The third-order valence-electron chi connectivity index (χ3n) is 5.39. The molecule has 1 saturated heterocycles. The average molecular weight is 412 g/mol. The summed E-state index contributed by atoms with van der Waals surface area (Å²) in [5, 5.41) is 5.95. The summed E-state index contributed by atoms with van der Waals surface area (Å²) in [6.07, 6.45) is 4.60. The topological polar surface area (TPSA) is 64.1 Å². The minimum Gasteiger partial charge on any atom is -0.381 e. The summed E-state index contributed by atoms with van der Waals surface area (Å²) in [5.74, 6) is -0.378. The second kappa shape index (κ2) is 8.39. The number of ether oxygens (including phenoxy) is 1. The number of hydrogen-bond acceptors (Lipinski definition) is 5. The number of nitrogens with one attached hydrogen (secondary N) is 1. The largest absolute Gasteiger partial charge is 0.381 e. The molecule has 1 aliphatic rings. The number of nitrogens with zero attached hydrogens (tertiary/aromatic N) is 2. The zero-order valence-corrected chi connectivity index (χ0v) is 16.9. The van der Waals surface area contributed by atoms with Crippen LogP contribution in [-0.2, 0) is 14.9 Å². The standard InChI is InChI=1S/C22H22FN3O2S/c1-15(20-26-19(14-29-20)16-6-10-24-11-7-16)25-21(27)22(8-12-28-13-9-22)17-2-4-18(23)5-3-17/h2-7,10-11,14-15H,8-9,12-13H2,1H3,(H,25,27). The first kappa shape index (κ1) is 19.7. The van der Waals surface area contributed by atoms with Crippen LogP contribution in [0.2, 0.25) is 0 Å². The van der Waals surface area contributed by atoms with Gasteiger partial charge in [0.25, 0.3) is 0 Å². The zero-order chi connectivity index (χ0) is 20.3. The van der Waals surface area contributed by atoms with Crippen molar-refractivity contribution in [2.45, 2.75) is 31.2 Å². The van der Waals surface area contributed by atoms with Crippen LogP contribution in [-0.4, -0.2) is 29.1 Å². The molecule has 0 aliphatic carbocycles. The van der Waals surface area contributed by atoms with E-state index in [9.17, 15) is 9.18 Å². The van der Waals surface area contributed by atoms with Crippen LogP contribution in [0.1, 0.15) is 36.4 Å². The van der Waals surface area contributed by atoms with Gasteiger partial charge in [-0.3, -0.25) is 9.78 Å². The number of rotatable bonds is 5. The van der Waals surface area contributed by atoms with Gasteiger partial charge in [-0.2, -0.15) is 0 Å². The van der Waals surface area contributed by atoms with Gasteiger partial charge < -0.3 is 10.1 Å². The van der Waals surface area contributed by atoms with Crippen molar-refractivity contribution in [3.63, 3.8) is 0 Å². The molecule has 1 atom stereocenters. The van der Waals surface area contributed by atoms with Gasteiger partial charge in [0.2, 0.25) is 5.91 Å². The number of aromatic nitrogens is 2. The Bertz CT molecular complexity index is 969. The van der Waals surface area contributed by atoms with Crippen molar-refractivity contribution < 1.29 is 13.9 Å². The Labute approximate surface area is 173 Å². The number of pyridine rings is 1. The van der Waals surface area contributed by atoms with E-state index in [4.69, 9.17) is 4.74 Å². The number of benzene rings is 1. The van der Waals surface area contributed by atoms with Gasteiger partial charge >= 0.3 is 0 Å². The van der Waals surface area contributed by atoms with Crippen molar-refractivity contribution in [1.82, 2.24) is 15.3 Å². The fourth-order valence-corrected chi connectivity index (χ4v) is 4.51. The molecule has 29 heavy (non-hydrogen) atoms. The summed E-state index contributed by atoms with van der Waals surface area (Å²) in [5.41, 5.74) is 1.97. The molecule has 7 heteroatoms. The molecule has 1 unspecified atom stereocenters. The number of carbonyl (C=O) groups is 1. The normalized spacial score (nSPS) is 16.9. The summed E-state index contributed by atoms with van der Waals surface area (Å²) < 4.78 is 18.9. The summed E-state index contributed by atoms with van der Waals surface area (Å²) in [7, 11) is 0. The maximum absolute atomic E-state index is 13.4. The van der Waals surface area contributed by atoms with Gasteiger partial charge in [-0.25, -0.2) is 9.37 Å². The van der Waals surface area contributed by atoms with Crippen LogP contribution in [0, 0.1) is 5.82 Å². The number of hydrogen-bond donors (Lipinski definition) is 1. The lowest BCUT2D eigenvalue weighted by molar-refractivity contribution is -0.131. The first-order chi connectivity index (χ1) is 14.1. The van der Waals surface area contributed by atoms with Gasteiger partial charge in [0.05, 0.1) is 17.2 Å². The van der Waals surface area contributed by atoms with Gasteiger partial charge in [-0.15, -0.1) is 11.3 Å². The van der Waals surface area contributed by atoms with E-state index in [1.807, 2.05) is 24.4 Å². The van der Waals surface area contributed by atoms with E-state index in [1.54, 1.807) is 24.5 Å². The minimum absolute atomic E-state index is 0.0689. The SMILES string of the molecule is CC(NC(=O)C1(c2ccc(F)cc2)CCOCC1)c1nc(-c2ccncc2)cs1. The summed E-state index contributed by atoms with van der Waals surface area (Å²) >= 11 is 1.52. The van der Waals surface area contributed by atoms with E-state index in [1.165, 1.54) is 23.5 Å². The Morgan fingerprint density at radius 1 is 1.17 bits per heavy atom. The number of halogens is 1. The zero-order valence-electron chi connectivity index (χ0n) is 16.1. The Hall–Kier alpha value is -2.64. The van der Waals surface area contributed by atoms with Gasteiger partial charge in [-0.1, -0.05) is 12.1 Å². The predicted molar refractivity (Wildman–Crippen MR) is 110 cm³/mol. The van der Waals surface area contributed by atoms with E-state index in [0.29, 0.717) is 26.1 Å². The lowest BCUT2D eigenvalue weighted by Crippen LogP contribution is -2.48. The smallest absolute Gasteiger partial charge is 0.231 e. The highest BCUT2D eigenvalue weighted by atomic mass is 32.1. The molecule has 5 nitrogen and oxygen atoms in total. The quantitative estimate of drug-likeness (QED) is 0.681. The van der Waals surface area contributed by atoms with Crippen LogP contribution in [0.3, 0.4) is 0 Å². The van der Waals surface area contributed by atoms with Crippen molar-refractivity contribution >= 4 is 17.2 Å². The molecule has 1 aliphatic heterocycles. The van der Waals surface area contributed by atoms with Gasteiger partial charge in [0, 0.05) is 36.6 Å². The van der Waals surface area contributed by atoms with Crippen molar-refractivity contribution in [2.24, 2.45) is 0 Å². The number of thiazole rings is 1. The van der Waals surface area contributed by atoms with E-state index in [0.717, 1.165) is 21.8 Å². The Morgan fingerprint density at radius 2 is 1.86 bits per heavy atom. The summed E-state index contributed by atoms with van der Waals surface area (Å²) in [6, 6.07) is 9.81. The van der Waals surface area contributed by atoms with Crippen LogP contribution in [0.15, 0.2) is 54.2 Å². The van der Waals surface area contributed by atoms with Crippen molar-refractivity contribution in [2.75, 3.05) is 13.2 Å². The molecule has 150 valence electrons. The molecular weight excluding hydrogens is 389 g/mol. The van der Waals surface area contributed by atoms with Gasteiger partial charge in [0.1, 0.15) is 10.8 Å². The molecule has 3 heterocycles. The highest BCUT2D eigenvalue weighted by Crippen LogP contribution is 2.36. The predicted octanol–water partition coefficient (Wildman–Crippen LogP) is 4.27. The second-order valence-electron chi connectivity index (χ2n) is 7.20. The first-order valence-electron chi connectivity index (χ1n) is 9.59. The Morgan fingerprint density at radius 3 is 2.55 bits per heavy atom. The molecule has 1 aromatic carbocycles. The van der Waals surface area contributed by atoms with Crippen molar-refractivity contribution in [3.05, 3.63) is 70.6 Å². The van der Waals surface area contributed by atoms with E-state index < -0.39 is 5.41 Å². The summed E-state index contributed by atoms with van der Waals surface area (Å²) in [6.45, 7) is 2.94. The van der Waals surface area contributed by atoms with Crippen LogP contribution < -0.4 is 5.32 Å². The second-order valence-corrected chi connectivity index (χ2v) is 8.09. The number of carbonyl (C=O) groups excluding carboxylic acids is 1. The van der Waals surface area contributed by atoms with Crippen molar-refractivity contribution in [1.29, 1.82) is 0 Å². The lowest BCUT2D eigenvalue weighted by atomic mass is 9.73. The maximum Gasteiger partial charge on any atom is 0.231 e. The molecule has 3 aromatic rings. The molecule has 1 N–H and O–H groups in total. The number of amides is 1. The molecule has 1 fully saturated rings. The minimum atomic E-state index is -0.717. The van der Waals surface area contributed by atoms with Gasteiger partial charge in [0.15, 0.2) is 0 Å². The molecule has 0 saturated carbocycles. The average Bonchev–Trinajstić information content (AvgIpc) is 3.26. The Balaban J connectivity index is 1.55. The van der Waals surface area contributed by atoms with E-state index in [-0.39, 0.29) is 17.8 Å². The lowest BCUT2D eigenvalue weighted by Gasteiger charge is -2.37.